The van der Waals surface area contributed by atoms with Gasteiger partial charge in [0.1, 0.15) is 0 Å². The zero-order chi connectivity index (χ0) is 8.97. The van der Waals surface area contributed by atoms with Crippen molar-refractivity contribution in [3.05, 3.63) is 18.0 Å². The standard InChI is InChI=1S/C9H14N2O/c1-7(2)6-12-9-10-5-4-8(3)11-9/h4-5,7H,6H2,1-3H3. The van der Waals surface area contributed by atoms with Crippen molar-refractivity contribution in [2.45, 2.75) is 20.8 Å². The lowest BCUT2D eigenvalue weighted by Gasteiger charge is -2.06. The molecule has 12 heavy (non-hydrogen) atoms. The van der Waals surface area contributed by atoms with Crippen molar-refractivity contribution in [1.29, 1.82) is 0 Å². The summed E-state index contributed by atoms with van der Waals surface area (Å²) < 4.78 is 5.33. The Kier molecular flexibility index (Phi) is 3.02. The zero-order valence-corrected chi connectivity index (χ0v) is 7.74. The van der Waals surface area contributed by atoms with Crippen LogP contribution in [0.5, 0.6) is 6.01 Å². The fourth-order valence-corrected chi connectivity index (χ4v) is 0.737. The van der Waals surface area contributed by atoms with Gasteiger partial charge in [-0.2, -0.15) is 0 Å². The average Bonchev–Trinajstić information content (AvgIpc) is 2.01. The third-order valence-electron chi connectivity index (χ3n) is 1.32. The van der Waals surface area contributed by atoms with Gasteiger partial charge in [0.15, 0.2) is 0 Å². The van der Waals surface area contributed by atoms with Crippen molar-refractivity contribution in [2.75, 3.05) is 6.61 Å². The summed E-state index contributed by atoms with van der Waals surface area (Å²) in [6, 6.07) is 2.33. The van der Waals surface area contributed by atoms with Crippen LogP contribution in [0.3, 0.4) is 0 Å². The van der Waals surface area contributed by atoms with Gasteiger partial charge in [0.05, 0.1) is 6.61 Å². The summed E-state index contributed by atoms with van der Waals surface area (Å²) >= 11 is 0. The number of rotatable bonds is 3. The van der Waals surface area contributed by atoms with Crippen LogP contribution in [0, 0.1) is 12.8 Å². The van der Waals surface area contributed by atoms with E-state index in [2.05, 4.69) is 23.8 Å². The molecule has 0 aliphatic rings. The molecule has 0 saturated carbocycles. The van der Waals surface area contributed by atoms with Gasteiger partial charge in [0.2, 0.25) is 0 Å². The Labute approximate surface area is 72.8 Å². The van der Waals surface area contributed by atoms with Crippen LogP contribution in [0.25, 0.3) is 0 Å². The quantitative estimate of drug-likeness (QED) is 0.687. The van der Waals surface area contributed by atoms with Crippen LogP contribution in [0.2, 0.25) is 0 Å². The molecule has 0 fully saturated rings. The van der Waals surface area contributed by atoms with Crippen LogP contribution < -0.4 is 4.74 Å². The summed E-state index contributed by atoms with van der Waals surface area (Å²) in [4.78, 5) is 8.09. The summed E-state index contributed by atoms with van der Waals surface area (Å²) in [5, 5.41) is 0. The molecule has 0 N–H and O–H groups in total. The number of ether oxygens (including phenoxy) is 1. The van der Waals surface area contributed by atoms with Crippen LogP contribution >= 0.6 is 0 Å². The SMILES string of the molecule is Cc1ccnc(OCC(C)C)n1. The molecule has 0 aliphatic heterocycles. The van der Waals surface area contributed by atoms with Crippen molar-refractivity contribution < 1.29 is 4.74 Å². The van der Waals surface area contributed by atoms with E-state index < -0.39 is 0 Å². The first-order valence-corrected chi connectivity index (χ1v) is 4.11. The van der Waals surface area contributed by atoms with Gasteiger partial charge in [-0.25, -0.2) is 9.97 Å². The molecule has 0 spiro atoms. The van der Waals surface area contributed by atoms with Crippen molar-refractivity contribution in [2.24, 2.45) is 5.92 Å². The Hall–Kier alpha value is -1.12. The fourth-order valence-electron chi connectivity index (χ4n) is 0.737. The molecule has 1 aromatic heterocycles. The number of hydrogen-bond acceptors (Lipinski definition) is 3. The Morgan fingerprint density at radius 2 is 2.25 bits per heavy atom. The number of nitrogens with zero attached hydrogens (tertiary/aromatic N) is 2. The molecule has 66 valence electrons. The lowest BCUT2D eigenvalue weighted by atomic mass is 10.2. The second-order valence-electron chi connectivity index (χ2n) is 3.19. The highest BCUT2D eigenvalue weighted by Crippen LogP contribution is 2.03. The Morgan fingerprint density at radius 1 is 1.50 bits per heavy atom. The molecule has 0 aliphatic carbocycles. The first kappa shape index (κ1) is 8.97. The minimum absolute atomic E-state index is 0.476. The van der Waals surface area contributed by atoms with Crippen LogP contribution in [0.1, 0.15) is 19.5 Å². The number of hydrogen-bond donors (Lipinski definition) is 0. The van der Waals surface area contributed by atoms with E-state index in [9.17, 15) is 0 Å². The van der Waals surface area contributed by atoms with E-state index in [0.29, 0.717) is 18.5 Å². The van der Waals surface area contributed by atoms with E-state index in [1.54, 1.807) is 6.20 Å². The van der Waals surface area contributed by atoms with Crippen LogP contribution in [-0.4, -0.2) is 16.6 Å². The maximum Gasteiger partial charge on any atom is 0.316 e. The van der Waals surface area contributed by atoms with Gasteiger partial charge < -0.3 is 4.74 Å². The highest BCUT2D eigenvalue weighted by Gasteiger charge is 1.98. The number of aryl methyl sites for hydroxylation is 1. The van der Waals surface area contributed by atoms with Gasteiger partial charge in [0, 0.05) is 11.9 Å². The Bertz CT molecular complexity index is 248. The Morgan fingerprint density at radius 3 is 2.83 bits per heavy atom. The summed E-state index contributed by atoms with van der Waals surface area (Å²) in [6.45, 7) is 6.78. The smallest absolute Gasteiger partial charge is 0.316 e. The predicted molar refractivity (Wildman–Crippen MR) is 47.1 cm³/mol. The third kappa shape index (κ3) is 2.86. The molecule has 0 aromatic carbocycles. The van der Waals surface area contributed by atoms with Gasteiger partial charge in [-0.3, -0.25) is 0 Å². The first-order chi connectivity index (χ1) is 5.68. The van der Waals surface area contributed by atoms with E-state index in [1.807, 2.05) is 13.0 Å². The van der Waals surface area contributed by atoms with Crippen LogP contribution in [0.15, 0.2) is 12.3 Å². The highest BCUT2D eigenvalue weighted by atomic mass is 16.5. The second kappa shape index (κ2) is 4.04. The number of aromatic nitrogens is 2. The highest BCUT2D eigenvalue weighted by molar-refractivity contribution is 5.02. The molecule has 0 unspecified atom stereocenters. The summed E-state index contributed by atoms with van der Waals surface area (Å²) in [6.07, 6.45) is 1.71. The molecule has 0 atom stereocenters. The van der Waals surface area contributed by atoms with Gasteiger partial charge in [0.25, 0.3) is 0 Å². The average molecular weight is 166 g/mol. The van der Waals surface area contributed by atoms with E-state index in [-0.39, 0.29) is 0 Å². The Balaban J connectivity index is 2.52. The monoisotopic (exact) mass is 166 g/mol. The molecular weight excluding hydrogens is 152 g/mol. The third-order valence-corrected chi connectivity index (χ3v) is 1.32. The van der Waals surface area contributed by atoms with Gasteiger partial charge in [-0.1, -0.05) is 13.8 Å². The molecule has 0 amide bonds. The van der Waals surface area contributed by atoms with Gasteiger partial charge >= 0.3 is 6.01 Å². The van der Waals surface area contributed by atoms with Gasteiger partial charge in [-0.05, 0) is 18.9 Å². The van der Waals surface area contributed by atoms with E-state index in [0.717, 1.165) is 5.69 Å². The summed E-state index contributed by atoms with van der Waals surface area (Å²) in [7, 11) is 0. The van der Waals surface area contributed by atoms with E-state index in [4.69, 9.17) is 4.74 Å². The zero-order valence-electron chi connectivity index (χ0n) is 7.74. The second-order valence-corrected chi connectivity index (χ2v) is 3.19. The topological polar surface area (TPSA) is 35.0 Å². The molecule has 0 saturated heterocycles. The van der Waals surface area contributed by atoms with Crippen LogP contribution in [0.4, 0.5) is 0 Å². The van der Waals surface area contributed by atoms with Gasteiger partial charge in [-0.15, -0.1) is 0 Å². The largest absolute Gasteiger partial charge is 0.463 e. The lowest BCUT2D eigenvalue weighted by Crippen LogP contribution is -2.07. The fraction of sp³-hybridized carbons (Fsp3) is 0.556. The molecule has 3 heteroatoms. The minimum Gasteiger partial charge on any atom is -0.463 e. The predicted octanol–water partition coefficient (Wildman–Crippen LogP) is 1.82. The van der Waals surface area contributed by atoms with Crippen molar-refractivity contribution in [1.82, 2.24) is 9.97 Å². The molecule has 0 radical (unpaired) electrons. The summed E-state index contributed by atoms with van der Waals surface area (Å²) in [5.41, 5.74) is 0.934. The normalized spacial score (nSPS) is 10.3. The molecule has 1 heterocycles. The van der Waals surface area contributed by atoms with Crippen LogP contribution in [-0.2, 0) is 0 Å². The minimum atomic E-state index is 0.476. The molecular formula is C9H14N2O. The van der Waals surface area contributed by atoms with E-state index in [1.165, 1.54) is 0 Å². The molecule has 1 aromatic rings. The lowest BCUT2D eigenvalue weighted by molar-refractivity contribution is 0.250. The van der Waals surface area contributed by atoms with Crippen molar-refractivity contribution >= 4 is 0 Å². The van der Waals surface area contributed by atoms with Crippen molar-refractivity contribution in [3.8, 4) is 6.01 Å². The molecule has 1 rings (SSSR count). The maximum absolute atomic E-state index is 5.33. The summed E-state index contributed by atoms with van der Waals surface area (Å²) in [5.74, 6) is 0.508. The van der Waals surface area contributed by atoms with E-state index >= 15 is 0 Å². The molecule has 0 bridgehead atoms. The maximum atomic E-state index is 5.33. The first-order valence-electron chi connectivity index (χ1n) is 4.11. The van der Waals surface area contributed by atoms with Crippen molar-refractivity contribution in [3.63, 3.8) is 0 Å². The molecule has 3 nitrogen and oxygen atoms in total.